The number of hydrogen-bond acceptors (Lipinski definition) is 3. The van der Waals surface area contributed by atoms with Gasteiger partial charge in [0, 0.05) is 22.7 Å². The topological polar surface area (TPSA) is 62.2 Å². The SMILES string of the molecule is O=C(N[C@H](c1ccc2ccccc2c1)c1ccc2cccnc2c1O)c1ccccc1. The molecule has 31 heavy (non-hydrogen) atoms. The average Bonchev–Trinajstić information content (AvgIpc) is 2.83. The Kier molecular flexibility index (Phi) is 4.81. The first-order valence-corrected chi connectivity index (χ1v) is 10.1. The fraction of sp³-hybridized carbons (Fsp3) is 0.0370. The fourth-order valence-electron chi connectivity index (χ4n) is 3.91. The summed E-state index contributed by atoms with van der Waals surface area (Å²) in [6.45, 7) is 0. The summed E-state index contributed by atoms with van der Waals surface area (Å²) in [7, 11) is 0. The third kappa shape index (κ3) is 3.60. The van der Waals surface area contributed by atoms with Crippen LogP contribution in [-0.4, -0.2) is 16.0 Å². The van der Waals surface area contributed by atoms with Gasteiger partial charge in [0.1, 0.15) is 11.3 Å². The highest BCUT2D eigenvalue weighted by Gasteiger charge is 2.22. The average molecular weight is 404 g/mol. The number of pyridine rings is 1. The van der Waals surface area contributed by atoms with Gasteiger partial charge in [-0.3, -0.25) is 9.78 Å². The summed E-state index contributed by atoms with van der Waals surface area (Å²) in [5.74, 6) is -0.135. The molecule has 1 aromatic heterocycles. The standard InChI is InChI=1S/C27H20N2O2/c30-26-23(15-14-19-11-6-16-28-25(19)26)24(29-27(31)20-8-2-1-3-9-20)22-13-12-18-7-4-5-10-21(18)17-22/h1-17,24,30H,(H,29,31)/t24-/m1/s1. The van der Waals surface area contributed by atoms with E-state index in [1.165, 1.54) is 0 Å². The predicted molar refractivity (Wildman–Crippen MR) is 123 cm³/mol. The van der Waals surface area contributed by atoms with Crippen molar-refractivity contribution in [1.29, 1.82) is 0 Å². The van der Waals surface area contributed by atoms with Crippen molar-refractivity contribution >= 4 is 27.6 Å². The van der Waals surface area contributed by atoms with E-state index < -0.39 is 6.04 Å². The Bertz CT molecular complexity index is 1400. The molecular formula is C27H20N2O2. The van der Waals surface area contributed by atoms with Crippen LogP contribution in [0.15, 0.2) is 103 Å². The molecule has 0 radical (unpaired) electrons. The van der Waals surface area contributed by atoms with Gasteiger partial charge >= 0.3 is 0 Å². The number of amides is 1. The Morgan fingerprint density at radius 2 is 1.48 bits per heavy atom. The number of hydrogen-bond donors (Lipinski definition) is 2. The van der Waals surface area contributed by atoms with Gasteiger partial charge in [0.25, 0.3) is 5.91 Å². The zero-order valence-electron chi connectivity index (χ0n) is 16.7. The van der Waals surface area contributed by atoms with E-state index in [0.717, 1.165) is 21.7 Å². The van der Waals surface area contributed by atoms with Gasteiger partial charge in [-0.25, -0.2) is 0 Å². The molecule has 0 saturated heterocycles. The first-order valence-electron chi connectivity index (χ1n) is 10.1. The van der Waals surface area contributed by atoms with Gasteiger partial charge in [-0.1, -0.05) is 72.8 Å². The second kappa shape index (κ2) is 7.92. The van der Waals surface area contributed by atoms with Crippen LogP contribution in [0, 0.1) is 0 Å². The third-order valence-electron chi connectivity index (χ3n) is 5.51. The van der Waals surface area contributed by atoms with E-state index in [-0.39, 0.29) is 11.7 Å². The van der Waals surface area contributed by atoms with E-state index in [4.69, 9.17) is 0 Å². The van der Waals surface area contributed by atoms with Gasteiger partial charge in [0.05, 0.1) is 6.04 Å². The van der Waals surface area contributed by atoms with Crippen molar-refractivity contribution in [1.82, 2.24) is 10.3 Å². The zero-order chi connectivity index (χ0) is 21.2. The number of fused-ring (bicyclic) bond motifs is 2. The molecule has 0 spiro atoms. The van der Waals surface area contributed by atoms with Crippen LogP contribution in [0.1, 0.15) is 27.5 Å². The zero-order valence-corrected chi connectivity index (χ0v) is 16.7. The summed E-state index contributed by atoms with van der Waals surface area (Å²) in [5, 5.41) is 17.2. The number of benzene rings is 4. The highest BCUT2D eigenvalue weighted by molar-refractivity contribution is 5.95. The van der Waals surface area contributed by atoms with Crippen molar-refractivity contribution in [2.45, 2.75) is 6.04 Å². The van der Waals surface area contributed by atoms with Crippen LogP contribution in [0.5, 0.6) is 5.75 Å². The predicted octanol–water partition coefficient (Wildman–Crippen LogP) is 5.61. The maximum absolute atomic E-state index is 13.0. The maximum Gasteiger partial charge on any atom is 0.252 e. The molecule has 4 aromatic carbocycles. The molecule has 0 aliphatic rings. The van der Waals surface area contributed by atoms with Crippen molar-refractivity contribution in [3.05, 3.63) is 120 Å². The normalized spacial score (nSPS) is 12.0. The minimum Gasteiger partial charge on any atom is -0.505 e. The Morgan fingerprint density at radius 3 is 2.32 bits per heavy atom. The van der Waals surface area contributed by atoms with Gasteiger partial charge in [-0.05, 0) is 40.6 Å². The van der Waals surface area contributed by atoms with Crippen molar-refractivity contribution in [2.24, 2.45) is 0 Å². The minimum atomic E-state index is -0.538. The van der Waals surface area contributed by atoms with E-state index in [1.54, 1.807) is 18.3 Å². The van der Waals surface area contributed by atoms with E-state index in [2.05, 4.69) is 10.3 Å². The lowest BCUT2D eigenvalue weighted by molar-refractivity contribution is 0.0942. The van der Waals surface area contributed by atoms with Crippen LogP contribution >= 0.6 is 0 Å². The Hall–Kier alpha value is -4.18. The van der Waals surface area contributed by atoms with Gasteiger partial charge < -0.3 is 10.4 Å². The summed E-state index contributed by atoms with van der Waals surface area (Å²) in [6, 6.07) is 30.2. The number of phenolic OH excluding ortho intramolecular Hbond substituents is 1. The van der Waals surface area contributed by atoms with E-state index in [9.17, 15) is 9.90 Å². The molecule has 2 N–H and O–H groups in total. The number of nitrogens with one attached hydrogen (secondary N) is 1. The Labute approximate surface area is 179 Å². The number of carbonyl (C=O) groups excluding carboxylic acids is 1. The number of nitrogens with zero attached hydrogens (tertiary/aromatic N) is 1. The quantitative estimate of drug-likeness (QED) is 0.409. The number of phenols is 1. The van der Waals surface area contributed by atoms with Gasteiger partial charge in [0.2, 0.25) is 0 Å². The number of aromatic nitrogens is 1. The third-order valence-corrected chi connectivity index (χ3v) is 5.51. The van der Waals surface area contributed by atoms with Crippen molar-refractivity contribution in [3.63, 3.8) is 0 Å². The maximum atomic E-state index is 13.0. The Morgan fingerprint density at radius 1 is 0.774 bits per heavy atom. The lowest BCUT2D eigenvalue weighted by Crippen LogP contribution is -2.29. The summed E-state index contributed by atoms with van der Waals surface area (Å²) >= 11 is 0. The molecule has 0 fully saturated rings. The summed E-state index contributed by atoms with van der Waals surface area (Å²) in [6.07, 6.45) is 1.65. The second-order valence-corrected chi connectivity index (χ2v) is 7.46. The highest BCUT2D eigenvalue weighted by atomic mass is 16.3. The lowest BCUT2D eigenvalue weighted by atomic mass is 9.94. The molecule has 0 aliphatic heterocycles. The van der Waals surface area contributed by atoms with Crippen LogP contribution in [-0.2, 0) is 0 Å². The number of rotatable bonds is 4. The van der Waals surface area contributed by atoms with Crippen LogP contribution in [0.4, 0.5) is 0 Å². The van der Waals surface area contributed by atoms with E-state index in [1.807, 2.05) is 84.9 Å². The van der Waals surface area contributed by atoms with Crippen LogP contribution < -0.4 is 5.32 Å². The molecule has 0 aliphatic carbocycles. The highest BCUT2D eigenvalue weighted by Crippen LogP contribution is 2.35. The second-order valence-electron chi connectivity index (χ2n) is 7.46. The minimum absolute atomic E-state index is 0.0737. The van der Waals surface area contributed by atoms with Crippen LogP contribution in [0.2, 0.25) is 0 Å². The van der Waals surface area contributed by atoms with Gasteiger partial charge in [-0.15, -0.1) is 0 Å². The first kappa shape index (κ1) is 18.8. The van der Waals surface area contributed by atoms with Gasteiger partial charge in [-0.2, -0.15) is 0 Å². The van der Waals surface area contributed by atoms with Gasteiger partial charge in [0.15, 0.2) is 0 Å². The van der Waals surface area contributed by atoms with E-state index >= 15 is 0 Å². The van der Waals surface area contributed by atoms with Crippen molar-refractivity contribution < 1.29 is 9.90 Å². The molecular weight excluding hydrogens is 384 g/mol. The molecule has 0 saturated carbocycles. The summed E-state index contributed by atoms with van der Waals surface area (Å²) in [4.78, 5) is 17.4. The number of carbonyl (C=O) groups is 1. The fourth-order valence-corrected chi connectivity index (χ4v) is 3.91. The number of aromatic hydroxyl groups is 1. The van der Waals surface area contributed by atoms with Crippen LogP contribution in [0.25, 0.3) is 21.7 Å². The molecule has 5 aromatic rings. The lowest BCUT2D eigenvalue weighted by Gasteiger charge is -2.22. The Balaban J connectivity index is 1.65. The van der Waals surface area contributed by atoms with Crippen molar-refractivity contribution in [3.8, 4) is 5.75 Å². The molecule has 4 nitrogen and oxygen atoms in total. The molecule has 0 unspecified atom stereocenters. The smallest absolute Gasteiger partial charge is 0.252 e. The monoisotopic (exact) mass is 404 g/mol. The molecule has 1 atom stereocenters. The largest absolute Gasteiger partial charge is 0.505 e. The summed E-state index contributed by atoms with van der Waals surface area (Å²) < 4.78 is 0. The van der Waals surface area contributed by atoms with Crippen LogP contribution in [0.3, 0.4) is 0 Å². The molecule has 0 bridgehead atoms. The molecule has 4 heteroatoms. The first-order chi connectivity index (χ1) is 15.2. The molecule has 5 rings (SSSR count). The van der Waals surface area contributed by atoms with E-state index in [0.29, 0.717) is 16.6 Å². The summed E-state index contributed by atoms with van der Waals surface area (Å²) in [5.41, 5.74) is 2.56. The molecule has 1 amide bonds. The van der Waals surface area contributed by atoms with Crippen molar-refractivity contribution in [2.75, 3.05) is 0 Å². The molecule has 1 heterocycles. The molecule has 150 valence electrons.